The number of rotatable bonds is 6. The SMILES string of the molecule is COCC(=O)NCCC1CNCCOC1c1ccc(Cl)c(F)c1. The van der Waals surface area contributed by atoms with E-state index in [-0.39, 0.29) is 29.6 Å². The van der Waals surface area contributed by atoms with Gasteiger partial charge in [-0.2, -0.15) is 0 Å². The molecule has 7 heteroatoms. The molecule has 1 fully saturated rings. The van der Waals surface area contributed by atoms with Crippen molar-refractivity contribution in [3.63, 3.8) is 0 Å². The molecule has 0 radical (unpaired) electrons. The zero-order valence-corrected chi connectivity index (χ0v) is 13.9. The summed E-state index contributed by atoms with van der Waals surface area (Å²) in [5, 5.41) is 6.21. The molecule has 1 heterocycles. The number of carbonyl (C=O) groups is 1. The molecule has 2 rings (SSSR count). The maximum absolute atomic E-state index is 13.7. The first kappa shape index (κ1) is 18.1. The Morgan fingerprint density at radius 1 is 1.57 bits per heavy atom. The minimum Gasteiger partial charge on any atom is -0.375 e. The van der Waals surface area contributed by atoms with Gasteiger partial charge in [0.15, 0.2) is 0 Å². The molecule has 0 bridgehead atoms. The van der Waals surface area contributed by atoms with E-state index in [1.807, 2.05) is 0 Å². The summed E-state index contributed by atoms with van der Waals surface area (Å²) in [5.41, 5.74) is 0.767. The fourth-order valence-corrected chi connectivity index (χ4v) is 2.80. The normalized spacial score (nSPS) is 21.7. The molecule has 1 saturated heterocycles. The molecule has 2 N–H and O–H groups in total. The minimum absolute atomic E-state index is 0.0469. The summed E-state index contributed by atoms with van der Waals surface area (Å²) in [5.74, 6) is -0.470. The van der Waals surface area contributed by atoms with Crippen LogP contribution in [-0.2, 0) is 14.3 Å². The largest absolute Gasteiger partial charge is 0.375 e. The van der Waals surface area contributed by atoms with Gasteiger partial charge in [0.25, 0.3) is 0 Å². The summed E-state index contributed by atoms with van der Waals surface area (Å²) in [6.07, 6.45) is 0.494. The number of carbonyl (C=O) groups excluding carboxylic acids is 1. The van der Waals surface area contributed by atoms with E-state index in [0.717, 1.165) is 25.1 Å². The van der Waals surface area contributed by atoms with Gasteiger partial charge in [-0.3, -0.25) is 4.79 Å². The molecule has 0 aromatic heterocycles. The van der Waals surface area contributed by atoms with Crippen LogP contribution in [0.1, 0.15) is 18.1 Å². The van der Waals surface area contributed by atoms with Crippen molar-refractivity contribution in [1.29, 1.82) is 0 Å². The van der Waals surface area contributed by atoms with E-state index < -0.39 is 5.82 Å². The number of nitrogens with one attached hydrogen (secondary N) is 2. The molecule has 0 aliphatic carbocycles. The van der Waals surface area contributed by atoms with Crippen LogP contribution < -0.4 is 10.6 Å². The Labute approximate surface area is 140 Å². The average Bonchev–Trinajstić information content (AvgIpc) is 2.76. The lowest BCUT2D eigenvalue weighted by Crippen LogP contribution is -2.32. The molecule has 2 unspecified atom stereocenters. The summed E-state index contributed by atoms with van der Waals surface area (Å²) >= 11 is 5.75. The summed E-state index contributed by atoms with van der Waals surface area (Å²) < 4.78 is 24.4. The van der Waals surface area contributed by atoms with Crippen LogP contribution in [-0.4, -0.2) is 45.9 Å². The number of methoxy groups -OCH3 is 1. The lowest BCUT2D eigenvalue weighted by molar-refractivity contribution is -0.124. The zero-order chi connectivity index (χ0) is 16.7. The molecular weight excluding hydrogens is 323 g/mol. The number of ether oxygens (including phenoxy) is 2. The maximum Gasteiger partial charge on any atom is 0.245 e. The molecule has 2 atom stereocenters. The lowest BCUT2D eigenvalue weighted by Gasteiger charge is -2.25. The van der Waals surface area contributed by atoms with Gasteiger partial charge in [0, 0.05) is 32.7 Å². The van der Waals surface area contributed by atoms with Crippen molar-refractivity contribution in [1.82, 2.24) is 10.6 Å². The predicted octanol–water partition coefficient (Wildman–Crippen LogP) is 1.91. The average molecular weight is 345 g/mol. The van der Waals surface area contributed by atoms with Crippen LogP contribution in [0.4, 0.5) is 4.39 Å². The summed E-state index contributed by atoms with van der Waals surface area (Å²) in [4.78, 5) is 11.4. The quantitative estimate of drug-likeness (QED) is 0.827. The van der Waals surface area contributed by atoms with Crippen LogP contribution in [0.3, 0.4) is 0 Å². The third-order valence-corrected chi connectivity index (χ3v) is 4.10. The van der Waals surface area contributed by atoms with Crippen LogP contribution in [0, 0.1) is 11.7 Å². The Morgan fingerprint density at radius 2 is 2.39 bits per heavy atom. The van der Waals surface area contributed by atoms with E-state index >= 15 is 0 Å². The first-order valence-electron chi connectivity index (χ1n) is 7.64. The molecule has 128 valence electrons. The standard InChI is InChI=1S/C16H22ClFN2O3/c1-22-10-15(21)20-5-4-12-9-19-6-7-23-16(12)11-2-3-13(17)14(18)8-11/h2-3,8,12,16,19H,4-7,9-10H2,1H3,(H,20,21). The number of halogens is 2. The highest BCUT2D eigenvalue weighted by Gasteiger charge is 2.26. The predicted molar refractivity (Wildman–Crippen MR) is 86.0 cm³/mol. The third kappa shape index (κ3) is 5.42. The fraction of sp³-hybridized carbons (Fsp3) is 0.562. The third-order valence-electron chi connectivity index (χ3n) is 3.80. The number of benzene rings is 1. The summed E-state index contributed by atoms with van der Waals surface area (Å²) in [7, 11) is 1.48. The highest BCUT2D eigenvalue weighted by atomic mass is 35.5. The fourth-order valence-electron chi connectivity index (χ4n) is 2.68. The first-order chi connectivity index (χ1) is 11.1. The molecule has 1 aliphatic rings. The Balaban J connectivity index is 2.01. The Kier molecular flexibility index (Phi) is 7.23. The van der Waals surface area contributed by atoms with Crippen molar-refractivity contribution in [3.05, 3.63) is 34.6 Å². The molecule has 23 heavy (non-hydrogen) atoms. The minimum atomic E-state index is -0.447. The van der Waals surface area contributed by atoms with Crippen LogP contribution in [0.25, 0.3) is 0 Å². The van der Waals surface area contributed by atoms with E-state index in [9.17, 15) is 9.18 Å². The molecule has 5 nitrogen and oxygen atoms in total. The number of amides is 1. The number of hydrogen-bond donors (Lipinski definition) is 2. The van der Waals surface area contributed by atoms with Gasteiger partial charge in [-0.1, -0.05) is 17.7 Å². The van der Waals surface area contributed by atoms with Crippen molar-refractivity contribution in [2.24, 2.45) is 5.92 Å². The van der Waals surface area contributed by atoms with Gasteiger partial charge in [-0.15, -0.1) is 0 Å². The van der Waals surface area contributed by atoms with Crippen LogP contribution in [0.5, 0.6) is 0 Å². The Morgan fingerprint density at radius 3 is 3.13 bits per heavy atom. The smallest absolute Gasteiger partial charge is 0.245 e. The first-order valence-corrected chi connectivity index (χ1v) is 8.02. The van der Waals surface area contributed by atoms with E-state index in [0.29, 0.717) is 13.2 Å². The van der Waals surface area contributed by atoms with Gasteiger partial charge in [0.2, 0.25) is 5.91 Å². The molecule has 0 spiro atoms. The molecular formula is C16H22ClFN2O3. The molecule has 1 aromatic rings. The molecule has 1 aromatic carbocycles. The van der Waals surface area contributed by atoms with Crippen molar-refractivity contribution in [3.8, 4) is 0 Å². The van der Waals surface area contributed by atoms with Gasteiger partial charge in [-0.25, -0.2) is 4.39 Å². The molecule has 1 aliphatic heterocycles. The second-order valence-electron chi connectivity index (χ2n) is 5.50. The highest BCUT2D eigenvalue weighted by Crippen LogP contribution is 2.31. The zero-order valence-electron chi connectivity index (χ0n) is 13.1. The van der Waals surface area contributed by atoms with Crippen LogP contribution in [0.2, 0.25) is 5.02 Å². The van der Waals surface area contributed by atoms with Crippen molar-refractivity contribution < 1.29 is 18.7 Å². The summed E-state index contributed by atoms with van der Waals surface area (Å²) in [6, 6.07) is 4.76. The van der Waals surface area contributed by atoms with Crippen molar-refractivity contribution in [2.75, 3.05) is 40.0 Å². The van der Waals surface area contributed by atoms with Gasteiger partial charge in [0.1, 0.15) is 12.4 Å². The Hall–Kier alpha value is -1.21. The number of hydrogen-bond acceptors (Lipinski definition) is 4. The van der Waals surface area contributed by atoms with Gasteiger partial charge < -0.3 is 20.1 Å². The monoisotopic (exact) mass is 344 g/mol. The van der Waals surface area contributed by atoms with Crippen LogP contribution >= 0.6 is 11.6 Å². The van der Waals surface area contributed by atoms with Gasteiger partial charge in [-0.05, 0) is 24.1 Å². The second kappa shape index (κ2) is 9.17. The molecule has 0 saturated carbocycles. The van der Waals surface area contributed by atoms with Gasteiger partial charge >= 0.3 is 0 Å². The second-order valence-corrected chi connectivity index (χ2v) is 5.91. The van der Waals surface area contributed by atoms with E-state index in [1.54, 1.807) is 12.1 Å². The van der Waals surface area contributed by atoms with Crippen molar-refractivity contribution >= 4 is 17.5 Å². The van der Waals surface area contributed by atoms with Crippen LogP contribution in [0.15, 0.2) is 18.2 Å². The summed E-state index contributed by atoms with van der Waals surface area (Å²) in [6.45, 7) is 2.62. The van der Waals surface area contributed by atoms with E-state index in [1.165, 1.54) is 13.2 Å². The van der Waals surface area contributed by atoms with E-state index in [4.69, 9.17) is 21.1 Å². The Bertz CT molecular complexity index is 530. The maximum atomic E-state index is 13.7. The highest BCUT2D eigenvalue weighted by molar-refractivity contribution is 6.30. The van der Waals surface area contributed by atoms with Crippen molar-refractivity contribution in [2.45, 2.75) is 12.5 Å². The topological polar surface area (TPSA) is 59.6 Å². The molecule has 1 amide bonds. The van der Waals surface area contributed by atoms with Gasteiger partial charge in [0.05, 0.1) is 17.7 Å². The van der Waals surface area contributed by atoms with E-state index in [2.05, 4.69) is 10.6 Å². The lowest BCUT2D eigenvalue weighted by atomic mass is 9.92.